The minimum atomic E-state index is -0.320. The third kappa shape index (κ3) is 4.30. The van der Waals surface area contributed by atoms with E-state index in [-0.39, 0.29) is 17.4 Å². The molecular weight excluding hydrogens is 282 g/mol. The Morgan fingerprint density at radius 2 is 1.95 bits per heavy atom. The van der Waals surface area contributed by atoms with Gasteiger partial charge in [-0.05, 0) is 30.4 Å². The second kappa shape index (κ2) is 6.93. The number of ether oxygens (including phenoxy) is 1. The lowest BCUT2D eigenvalue weighted by Gasteiger charge is -2.26. The highest BCUT2D eigenvalue weighted by atomic mass is 32.1. The highest BCUT2D eigenvalue weighted by molar-refractivity contribution is 7.12. The Hall–Kier alpha value is -0.870. The quantitative estimate of drug-likeness (QED) is 0.848. The van der Waals surface area contributed by atoms with Gasteiger partial charge in [-0.2, -0.15) is 0 Å². The van der Waals surface area contributed by atoms with Gasteiger partial charge in [0.15, 0.2) is 0 Å². The van der Waals surface area contributed by atoms with Crippen molar-refractivity contribution < 1.29 is 9.53 Å². The summed E-state index contributed by atoms with van der Waals surface area (Å²) in [6.45, 7) is 6.60. The minimum absolute atomic E-state index is 0.119. The predicted molar refractivity (Wildman–Crippen MR) is 87.8 cm³/mol. The van der Waals surface area contributed by atoms with Crippen molar-refractivity contribution in [1.82, 2.24) is 5.32 Å². The summed E-state index contributed by atoms with van der Waals surface area (Å²) in [7, 11) is 1.47. The van der Waals surface area contributed by atoms with Crippen LogP contribution < -0.4 is 5.32 Å². The van der Waals surface area contributed by atoms with Crippen molar-refractivity contribution in [2.75, 3.05) is 7.11 Å². The van der Waals surface area contributed by atoms with E-state index < -0.39 is 0 Å². The maximum atomic E-state index is 12.2. The standard InChI is InChI=1S/C17H27NO2S/c1-17(2,3)14-11-10-13(21-14)15(16(19)20-4)18-12-8-6-5-7-9-12/h10-12,15,18H,5-9H2,1-4H3. The lowest BCUT2D eigenvalue weighted by Crippen LogP contribution is -2.38. The lowest BCUT2D eigenvalue weighted by molar-refractivity contribution is -0.143. The number of carbonyl (C=O) groups is 1. The van der Waals surface area contributed by atoms with Crippen LogP contribution in [0.1, 0.15) is 68.7 Å². The van der Waals surface area contributed by atoms with Crippen molar-refractivity contribution >= 4 is 17.3 Å². The average Bonchev–Trinajstić information content (AvgIpc) is 2.94. The number of methoxy groups -OCH3 is 1. The van der Waals surface area contributed by atoms with E-state index in [9.17, 15) is 4.79 Å². The van der Waals surface area contributed by atoms with Gasteiger partial charge in [-0.25, -0.2) is 4.79 Å². The fraction of sp³-hybridized carbons (Fsp3) is 0.706. The molecule has 118 valence electrons. The highest BCUT2D eigenvalue weighted by Crippen LogP contribution is 2.33. The molecule has 0 saturated heterocycles. The fourth-order valence-corrected chi connectivity index (χ4v) is 3.91. The molecule has 1 unspecified atom stereocenters. The number of rotatable bonds is 4. The molecule has 0 radical (unpaired) electrons. The molecule has 0 spiro atoms. The van der Waals surface area contributed by atoms with E-state index in [4.69, 9.17) is 4.74 Å². The summed E-state index contributed by atoms with van der Waals surface area (Å²) in [5.41, 5.74) is 0.119. The molecule has 1 heterocycles. The molecule has 0 aromatic carbocycles. The number of hydrogen-bond acceptors (Lipinski definition) is 4. The molecule has 21 heavy (non-hydrogen) atoms. The summed E-state index contributed by atoms with van der Waals surface area (Å²) in [4.78, 5) is 14.5. The topological polar surface area (TPSA) is 38.3 Å². The molecular formula is C17H27NO2S. The third-order valence-electron chi connectivity index (χ3n) is 4.09. The van der Waals surface area contributed by atoms with E-state index in [1.165, 1.54) is 31.2 Å². The monoisotopic (exact) mass is 309 g/mol. The molecule has 1 fully saturated rings. The van der Waals surface area contributed by atoms with Crippen LogP contribution in [-0.2, 0) is 14.9 Å². The molecule has 0 aliphatic heterocycles. The summed E-state index contributed by atoms with van der Waals surface area (Å²) in [5, 5.41) is 3.52. The number of nitrogens with one attached hydrogen (secondary N) is 1. The zero-order valence-corrected chi connectivity index (χ0v) is 14.4. The van der Waals surface area contributed by atoms with Crippen LogP contribution in [0.5, 0.6) is 0 Å². The summed E-state index contributed by atoms with van der Waals surface area (Å²) < 4.78 is 5.01. The molecule has 0 bridgehead atoms. The van der Waals surface area contributed by atoms with Crippen molar-refractivity contribution in [3.8, 4) is 0 Å². The first-order valence-electron chi connectivity index (χ1n) is 7.86. The van der Waals surface area contributed by atoms with Crippen LogP contribution in [0.4, 0.5) is 0 Å². The van der Waals surface area contributed by atoms with Crippen molar-refractivity contribution in [1.29, 1.82) is 0 Å². The van der Waals surface area contributed by atoms with Gasteiger partial charge in [0.2, 0.25) is 0 Å². The Labute approximate surface area is 132 Å². The van der Waals surface area contributed by atoms with Crippen LogP contribution in [-0.4, -0.2) is 19.1 Å². The van der Waals surface area contributed by atoms with E-state index in [1.807, 2.05) is 0 Å². The maximum absolute atomic E-state index is 12.2. The van der Waals surface area contributed by atoms with E-state index in [0.717, 1.165) is 17.7 Å². The van der Waals surface area contributed by atoms with Gasteiger partial charge >= 0.3 is 5.97 Å². The second-order valence-corrected chi connectivity index (χ2v) is 8.03. The highest BCUT2D eigenvalue weighted by Gasteiger charge is 2.28. The van der Waals surface area contributed by atoms with Crippen LogP contribution in [0.2, 0.25) is 0 Å². The van der Waals surface area contributed by atoms with Gasteiger partial charge in [0.1, 0.15) is 6.04 Å². The molecule has 1 aliphatic carbocycles. The molecule has 1 aromatic rings. The van der Waals surface area contributed by atoms with Crippen molar-refractivity contribution in [2.24, 2.45) is 0 Å². The molecule has 1 aromatic heterocycles. The van der Waals surface area contributed by atoms with Gasteiger partial charge in [-0.3, -0.25) is 5.32 Å². The van der Waals surface area contributed by atoms with Crippen molar-refractivity contribution in [3.63, 3.8) is 0 Å². The van der Waals surface area contributed by atoms with Gasteiger partial charge in [-0.1, -0.05) is 40.0 Å². The van der Waals surface area contributed by atoms with Gasteiger partial charge in [0, 0.05) is 15.8 Å². The number of esters is 1. The maximum Gasteiger partial charge on any atom is 0.328 e. The average molecular weight is 309 g/mol. The fourth-order valence-electron chi connectivity index (χ4n) is 2.80. The second-order valence-electron chi connectivity index (χ2n) is 6.91. The van der Waals surface area contributed by atoms with Crippen LogP contribution in [0.3, 0.4) is 0 Å². The first-order valence-corrected chi connectivity index (χ1v) is 8.67. The van der Waals surface area contributed by atoms with Crippen LogP contribution in [0, 0.1) is 0 Å². The van der Waals surface area contributed by atoms with Crippen LogP contribution in [0.15, 0.2) is 12.1 Å². The molecule has 4 heteroatoms. The number of thiophene rings is 1. The summed E-state index contributed by atoms with van der Waals surface area (Å²) >= 11 is 1.72. The van der Waals surface area contributed by atoms with Crippen LogP contribution >= 0.6 is 11.3 Å². The number of carbonyl (C=O) groups excluding carboxylic acids is 1. The lowest BCUT2D eigenvalue weighted by atomic mass is 9.94. The van der Waals surface area contributed by atoms with Crippen molar-refractivity contribution in [3.05, 3.63) is 21.9 Å². The molecule has 2 rings (SSSR count). The first kappa shape index (κ1) is 16.5. The largest absolute Gasteiger partial charge is 0.468 e. The molecule has 0 amide bonds. The normalized spacial score (nSPS) is 18.5. The number of hydrogen-bond donors (Lipinski definition) is 1. The van der Waals surface area contributed by atoms with Crippen molar-refractivity contribution in [2.45, 2.75) is 70.4 Å². The Balaban J connectivity index is 2.15. The Morgan fingerprint density at radius 3 is 2.48 bits per heavy atom. The molecule has 1 N–H and O–H groups in total. The summed E-state index contributed by atoms with van der Waals surface area (Å²) in [6, 6.07) is 4.32. The predicted octanol–water partition coefficient (Wildman–Crippen LogP) is 4.18. The van der Waals surface area contributed by atoms with E-state index in [2.05, 4.69) is 38.2 Å². The third-order valence-corrected chi connectivity index (χ3v) is 5.67. The van der Waals surface area contributed by atoms with E-state index in [1.54, 1.807) is 11.3 Å². The molecule has 3 nitrogen and oxygen atoms in total. The molecule has 1 aliphatic rings. The van der Waals surface area contributed by atoms with Crippen LogP contribution in [0.25, 0.3) is 0 Å². The van der Waals surface area contributed by atoms with Gasteiger partial charge in [0.05, 0.1) is 7.11 Å². The SMILES string of the molecule is COC(=O)C(NC1CCCCC1)c1ccc(C(C)(C)C)s1. The molecule has 1 saturated carbocycles. The Kier molecular flexibility index (Phi) is 5.44. The smallest absolute Gasteiger partial charge is 0.328 e. The van der Waals surface area contributed by atoms with Gasteiger partial charge in [0.25, 0.3) is 0 Å². The van der Waals surface area contributed by atoms with E-state index >= 15 is 0 Å². The summed E-state index contributed by atoms with van der Waals surface area (Å²) in [6.07, 6.45) is 6.14. The Morgan fingerprint density at radius 1 is 1.29 bits per heavy atom. The summed E-state index contributed by atoms with van der Waals surface area (Å²) in [5.74, 6) is -0.178. The Bertz CT molecular complexity index is 469. The van der Waals surface area contributed by atoms with Gasteiger partial charge in [-0.15, -0.1) is 11.3 Å². The minimum Gasteiger partial charge on any atom is -0.468 e. The molecule has 1 atom stereocenters. The van der Waals surface area contributed by atoms with E-state index in [0.29, 0.717) is 6.04 Å². The zero-order valence-electron chi connectivity index (χ0n) is 13.6. The first-order chi connectivity index (χ1) is 9.91. The van der Waals surface area contributed by atoms with Gasteiger partial charge < -0.3 is 4.74 Å². The zero-order chi connectivity index (χ0) is 15.5.